The second-order valence-electron chi connectivity index (χ2n) is 5.01. The van der Waals surface area contributed by atoms with Crippen LogP contribution in [0, 0.1) is 17.6 Å². The molecule has 1 saturated carbocycles. The van der Waals surface area contributed by atoms with Gasteiger partial charge in [0.2, 0.25) is 0 Å². The maximum atomic E-state index is 13.4. The number of nitrogens with one attached hydrogen (secondary N) is 2. The molecule has 4 heteroatoms. The normalized spacial score (nSPS) is 23.9. The van der Waals surface area contributed by atoms with Gasteiger partial charge in [-0.2, -0.15) is 0 Å². The predicted molar refractivity (Wildman–Crippen MR) is 69.7 cm³/mol. The molecule has 1 aromatic rings. The standard InChI is InChI=1S/C14H20F2N2/c1-17-12-5-2-10(3-6-12)9-18-14-8-11(15)4-7-13(14)16/h4,7-8,10,12,17-18H,2-3,5-6,9H2,1H3. The van der Waals surface area contributed by atoms with Gasteiger partial charge in [0.25, 0.3) is 0 Å². The Balaban J connectivity index is 1.83. The summed E-state index contributed by atoms with van der Waals surface area (Å²) in [6.07, 6.45) is 4.59. The Morgan fingerprint density at radius 2 is 1.89 bits per heavy atom. The van der Waals surface area contributed by atoms with Gasteiger partial charge >= 0.3 is 0 Å². The van der Waals surface area contributed by atoms with Gasteiger partial charge in [-0.15, -0.1) is 0 Å². The quantitative estimate of drug-likeness (QED) is 0.862. The van der Waals surface area contributed by atoms with Crippen molar-refractivity contribution in [1.82, 2.24) is 5.32 Å². The zero-order valence-corrected chi connectivity index (χ0v) is 10.7. The molecule has 100 valence electrons. The minimum absolute atomic E-state index is 0.269. The van der Waals surface area contributed by atoms with Gasteiger partial charge in [-0.1, -0.05) is 0 Å². The highest BCUT2D eigenvalue weighted by Crippen LogP contribution is 2.25. The fraction of sp³-hybridized carbons (Fsp3) is 0.571. The number of halogens is 2. The van der Waals surface area contributed by atoms with Crippen molar-refractivity contribution < 1.29 is 8.78 Å². The molecule has 0 atom stereocenters. The van der Waals surface area contributed by atoms with Crippen LogP contribution in [-0.2, 0) is 0 Å². The second kappa shape index (κ2) is 6.14. The number of hydrogen-bond donors (Lipinski definition) is 2. The van der Waals surface area contributed by atoms with Crippen molar-refractivity contribution in [2.75, 3.05) is 18.9 Å². The van der Waals surface area contributed by atoms with Gasteiger partial charge in [-0.3, -0.25) is 0 Å². The van der Waals surface area contributed by atoms with Gasteiger partial charge in [-0.05, 0) is 56.8 Å². The Morgan fingerprint density at radius 3 is 2.56 bits per heavy atom. The van der Waals surface area contributed by atoms with E-state index in [9.17, 15) is 8.78 Å². The predicted octanol–water partition coefficient (Wildman–Crippen LogP) is 3.15. The Labute approximate surface area is 107 Å². The maximum Gasteiger partial charge on any atom is 0.146 e. The van der Waals surface area contributed by atoms with E-state index in [2.05, 4.69) is 10.6 Å². The molecule has 0 heterocycles. The first-order valence-corrected chi connectivity index (χ1v) is 6.55. The van der Waals surface area contributed by atoms with Crippen LogP contribution < -0.4 is 10.6 Å². The third kappa shape index (κ3) is 3.42. The summed E-state index contributed by atoms with van der Waals surface area (Å²) in [6, 6.07) is 4.13. The summed E-state index contributed by atoms with van der Waals surface area (Å²) in [5.41, 5.74) is 0.269. The summed E-state index contributed by atoms with van der Waals surface area (Å²) < 4.78 is 26.4. The van der Waals surface area contributed by atoms with Crippen molar-refractivity contribution >= 4 is 5.69 Å². The average molecular weight is 254 g/mol. The molecule has 0 aromatic heterocycles. The number of anilines is 1. The van der Waals surface area contributed by atoms with E-state index in [0.717, 1.165) is 44.4 Å². The van der Waals surface area contributed by atoms with Crippen LogP contribution in [0.25, 0.3) is 0 Å². The summed E-state index contributed by atoms with van der Waals surface area (Å²) in [5.74, 6) is -0.240. The highest BCUT2D eigenvalue weighted by Gasteiger charge is 2.19. The van der Waals surface area contributed by atoms with Gasteiger partial charge in [0, 0.05) is 12.6 Å². The molecule has 0 spiro atoms. The van der Waals surface area contributed by atoms with Crippen molar-refractivity contribution in [3.8, 4) is 0 Å². The molecule has 18 heavy (non-hydrogen) atoms. The van der Waals surface area contributed by atoms with E-state index in [1.807, 2.05) is 7.05 Å². The van der Waals surface area contributed by atoms with Crippen LogP contribution in [0.4, 0.5) is 14.5 Å². The van der Waals surface area contributed by atoms with Gasteiger partial charge in [-0.25, -0.2) is 8.78 Å². The molecule has 1 aromatic carbocycles. The van der Waals surface area contributed by atoms with Gasteiger partial charge in [0.1, 0.15) is 11.6 Å². The maximum absolute atomic E-state index is 13.4. The minimum atomic E-state index is -0.405. The zero-order valence-electron chi connectivity index (χ0n) is 10.7. The molecule has 1 aliphatic rings. The Hall–Kier alpha value is -1.16. The molecular weight excluding hydrogens is 234 g/mol. The first-order chi connectivity index (χ1) is 8.69. The lowest BCUT2D eigenvalue weighted by Gasteiger charge is -2.28. The summed E-state index contributed by atoms with van der Waals surface area (Å²) >= 11 is 0. The monoisotopic (exact) mass is 254 g/mol. The van der Waals surface area contributed by atoms with E-state index < -0.39 is 5.82 Å². The van der Waals surface area contributed by atoms with E-state index >= 15 is 0 Å². The zero-order chi connectivity index (χ0) is 13.0. The van der Waals surface area contributed by atoms with Crippen LogP contribution in [0.2, 0.25) is 0 Å². The lowest BCUT2D eigenvalue weighted by Crippen LogP contribution is -2.32. The third-order valence-corrected chi connectivity index (χ3v) is 3.76. The smallest absolute Gasteiger partial charge is 0.146 e. The van der Waals surface area contributed by atoms with Crippen molar-refractivity contribution in [1.29, 1.82) is 0 Å². The SMILES string of the molecule is CNC1CCC(CNc2cc(F)ccc2F)CC1. The molecule has 1 aliphatic carbocycles. The first-order valence-electron chi connectivity index (χ1n) is 6.55. The first kappa shape index (κ1) is 13.3. The fourth-order valence-corrected chi connectivity index (χ4v) is 2.54. The van der Waals surface area contributed by atoms with Crippen LogP contribution in [0.3, 0.4) is 0 Å². The fourth-order valence-electron chi connectivity index (χ4n) is 2.54. The molecule has 2 nitrogen and oxygen atoms in total. The van der Waals surface area contributed by atoms with Crippen LogP contribution in [-0.4, -0.2) is 19.6 Å². The molecule has 0 bridgehead atoms. The van der Waals surface area contributed by atoms with Crippen LogP contribution in [0.5, 0.6) is 0 Å². The van der Waals surface area contributed by atoms with E-state index in [4.69, 9.17) is 0 Å². The summed E-state index contributed by atoms with van der Waals surface area (Å²) in [5, 5.41) is 6.31. The highest BCUT2D eigenvalue weighted by atomic mass is 19.1. The highest BCUT2D eigenvalue weighted by molar-refractivity contribution is 5.44. The molecule has 0 radical (unpaired) electrons. The lowest BCUT2D eigenvalue weighted by molar-refractivity contribution is 0.312. The number of hydrogen-bond acceptors (Lipinski definition) is 2. The molecule has 0 saturated heterocycles. The summed E-state index contributed by atoms with van der Waals surface area (Å²) in [7, 11) is 1.99. The largest absolute Gasteiger partial charge is 0.382 e. The molecule has 1 fully saturated rings. The van der Waals surface area contributed by atoms with Crippen LogP contribution in [0.15, 0.2) is 18.2 Å². The second-order valence-corrected chi connectivity index (χ2v) is 5.01. The summed E-state index contributed by atoms with van der Waals surface area (Å²) in [6.45, 7) is 0.719. The average Bonchev–Trinajstić information content (AvgIpc) is 2.40. The molecule has 0 aliphatic heterocycles. The third-order valence-electron chi connectivity index (χ3n) is 3.76. The Kier molecular flexibility index (Phi) is 4.53. The minimum Gasteiger partial charge on any atom is -0.382 e. The number of benzene rings is 1. The molecule has 0 amide bonds. The van der Waals surface area contributed by atoms with E-state index in [0.29, 0.717) is 12.0 Å². The van der Waals surface area contributed by atoms with Crippen LogP contribution >= 0.6 is 0 Å². The van der Waals surface area contributed by atoms with E-state index in [1.54, 1.807) is 0 Å². The van der Waals surface area contributed by atoms with Crippen molar-refractivity contribution in [2.45, 2.75) is 31.7 Å². The van der Waals surface area contributed by atoms with E-state index in [-0.39, 0.29) is 11.5 Å². The van der Waals surface area contributed by atoms with Gasteiger partial charge in [0.05, 0.1) is 5.69 Å². The molecule has 0 unspecified atom stereocenters. The molecule has 2 N–H and O–H groups in total. The van der Waals surface area contributed by atoms with Crippen molar-refractivity contribution in [3.63, 3.8) is 0 Å². The van der Waals surface area contributed by atoms with E-state index in [1.165, 1.54) is 6.07 Å². The van der Waals surface area contributed by atoms with Crippen LogP contribution in [0.1, 0.15) is 25.7 Å². The van der Waals surface area contributed by atoms with Gasteiger partial charge < -0.3 is 10.6 Å². The Bertz CT molecular complexity index is 387. The number of rotatable bonds is 4. The Morgan fingerprint density at radius 1 is 1.17 bits per heavy atom. The van der Waals surface area contributed by atoms with Crippen molar-refractivity contribution in [3.05, 3.63) is 29.8 Å². The molecule has 2 rings (SSSR count). The van der Waals surface area contributed by atoms with Gasteiger partial charge in [0.15, 0.2) is 0 Å². The summed E-state index contributed by atoms with van der Waals surface area (Å²) in [4.78, 5) is 0. The van der Waals surface area contributed by atoms with Crippen molar-refractivity contribution in [2.24, 2.45) is 5.92 Å². The topological polar surface area (TPSA) is 24.1 Å². The molecular formula is C14H20F2N2. The lowest BCUT2D eigenvalue weighted by atomic mass is 9.86.